The third kappa shape index (κ3) is 5.47. The van der Waals surface area contributed by atoms with Crippen LogP contribution in [0.1, 0.15) is 20.3 Å². The normalized spacial score (nSPS) is 12.9. The molecule has 0 heterocycles. The van der Waals surface area contributed by atoms with Gasteiger partial charge >= 0.3 is 0 Å². The molecule has 0 radical (unpaired) electrons. The maximum atomic E-state index is 11.3. The summed E-state index contributed by atoms with van der Waals surface area (Å²) < 4.78 is 4.93. The van der Waals surface area contributed by atoms with E-state index in [4.69, 9.17) is 10.6 Å². The lowest BCUT2D eigenvalue weighted by molar-refractivity contribution is -0.121. The van der Waals surface area contributed by atoms with Crippen molar-refractivity contribution < 1.29 is 9.53 Å². The first-order chi connectivity index (χ1) is 6.63. The number of carbonyl (C=O) groups is 1. The number of hydrogen-bond acceptors (Lipinski definition) is 4. The molecule has 1 amide bonds. The van der Waals surface area contributed by atoms with Gasteiger partial charge in [-0.3, -0.25) is 10.2 Å². The molecule has 4 nitrogen and oxygen atoms in total. The summed E-state index contributed by atoms with van der Waals surface area (Å²) in [5.41, 5.74) is 2.20. The highest BCUT2D eigenvalue weighted by Crippen LogP contribution is 2.20. The van der Waals surface area contributed by atoms with Crippen LogP contribution >= 0.6 is 11.8 Å². The first kappa shape index (κ1) is 13.7. The van der Waals surface area contributed by atoms with Crippen LogP contribution in [0.25, 0.3) is 0 Å². The van der Waals surface area contributed by atoms with E-state index in [-0.39, 0.29) is 11.2 Å². The number of thioether (sulfide) groups is 1. The van der Waals surface area contributed by atoms with Crippen molar-refractivity contribution in [2.75, 3.05) is 19.5 Å². The molecule has 14 heavy (non-hydrogen) atoms. The number of nitrogens with one attached hydrogen (secondary N) is 1. The lowest BCUT2D eigenvalue weighted by atomic mass is 10.1. The summed E-state index contributed by atoms with van der Waals surface area (Å²) >= 11 is 1.63. The number of carbonyl (C=O) groups excluding carboxylic acids is 1. The molecule has 0 saturated heterocycles. The quantitative estimate of drug-likeness (QED) is 0.288. The van der Waals surface area contributed by atoms with Crippen molar-refractivity contribution in [1.29, 1.82) is 0 Å². The Morgan fingerprint density at radius 1 is 1.57 bits per heavy atom. The van der Waals surface area contributed by atoms with E-state index >= 15 is 0 Å². The molecule has 0 aromatic rings. The zero-order valence-electron chi connectivity index (χ0n) is 9.08. The van der Waals surface area contributed by atoms with Gasteiger partial charge in [0.1, 0.15) is 0 Å². The molecule has 1 atom stereocenters. The van der Waals surface area contributed by atoms with Gasteiger partial charge in [-0.25, -0.2) is 5.84 Å². The van der Waals surface area contributed by atoms with E-state index in [0.717, 1.165) is 18.8 Å². The Labute approximate surface area is 89.9 Å². The molecule has 0 aliphatic carbocycles. The largest absolute Gasteiger partial charge is 0.385 e. The fourth-order valence-electron chi connectivity index (χ4n) is 1.07. The molecule has 0 spiro atoms. The summed E-state index contributed by atoms with van der Waals surface area (Å²) in [6, 6.07) is 0. The molecule has 1 unspecified atom stereocenters. The number of amides is 1. The molecule has 0 aromatic heterocycles. The standard InChI is InChI=1S/C9H20N2O2S/c1-7(2)8(9(12)11-10)14-6-4-5-13-3/h7-8H,4-6,10H2,1-3H3,(H,11,12). The highest BCUT2D eigenvalue weighted by Gasteiger charge is 2.21. The number of rotatable bonds is 7. The first-order valence-electron chi connectivity index (χ1n) is 4.74. The van der Waals surface area contributed by atoms with Crippen molar-refractivity contribution in [3.05, 3.63) is 0 Å². The minimum Gasteiger partial charge on any atom is -0.385 e. The van der Waals surface area contributed by atoms with E-state index < -0.39 is 0 Å². The molecule has 0 aliphatic rings. The highest BCUT2D eigenvalue weighted by molar-refractivity contribution is 8.00. The Bertz CT molecular complexity index is 165. The Hall–Kier alpha value is -0.260. The van der Waals surface area contributed by atoms with Crippen LogP contribution in [0.3, 0.4) is 0 Å². The molecule has 84 valence electrons. The van der Waals surface area contributed by atoms with Gasteiger partial charge in [0.2, 0.25) is 5.91 Å². The maximum absolute atomic E-state index is 11.3. The third-order valence-electron chi connectivity index (χ3n) is 1.80. The average Bonchev–Trinajstić information content (AvgIpc) is 2.16. The number of hydrazine groups is 1. The van der Waals surface area contributed by atoms with E-state index in [1.165, 1.54) is 0 Å². The molecule has 0 fully saturated rings. The first-order valence-corrected chi connectivity index (χ1v) is 5.79. The average molecular weight is 220 g/mol. The molecule has 0 saturated carbocycles. The van der Waals surface area contributed by atoms with E-state index in [9.17, 15) is 4.79 Å². The SMILES string of the molecule is COCCCSC(C(=O)NN)C(C)C. The van der Waals surface area contributed by atoms with Crippen LogP contribution in [-0.4, -0.2) is 30.6 Å². The smallest absolute Gasteiger partial charge is 0.247 e. The number of hydrogen-bond donors (Lipinski definition) is 2. The van der Waals surface area contributed by atoms with Crippen molar-refractivity contribution in [3.63, 3.8) is 0 Å². The van der Waals surface area contributed by atoms with Crippen LogP contribution in [0.5, 0.6) is 0 Å². The van der Waals surface area contributed by atoms with Gasteiger partial charge in [-0.1, -0.05) is 13.8 Å². The Morgan fingerprint density at radius 3 is 2.64 bits per heavy atom. The van der Waals surface area contributed by atoms with E-state index in [1.54, 1.807) is 18.9 Å². The van der Waals surface area contributed by atoms with Gasteiger partial charge < -0.3 is 4.74 Å². The molecule has 0 bridgehead atoms. The molecule has 0 aliphatic heterocycles. The lowest BCUT2D eigenvalue weighted by Gasteiger charge is -2.18. The van der Waals surface area contributed by atoms with Gasteiger partial charge in [-0.2, -0.15) is 0 Å². The van der Waals surface area contributed by atoms with Crippen molar-refractivity contribution in [2.24, 2.45) is 11.8 Å². The van der Waals surface area contributed by atoms with Crippen LogP contribution in [0, 0.1) is 5.92 Å². The molecule has 3 N–H and O–H groups in total. The summed E-state index contributed by atoms with van der Waals surface area (Å²) in [6.07, 6.45) is 0.961. The summed E-state index contributed by atoms with van der Waals surface area (Å²) in [6.45, 7) is 4.77. The van der Waals surface area contributed by atoms with Crippen LogP contribution in [0.2, 0.25) is 0 Å². The van der Waals surface area contributed by atoms with Crippen LogP contribution in [0.4, 0.5) is 0 Å². The number of ether oxygens (including phenoxy) is 1. The molecule has 5 heteroatoms. The summed E-state index contributed by atoms with van der Waals surface area (Å²) in [5, 5.41) is -0.0585. The van der Waals surface area contributed by atoms with Crippen LogP contribution in [-0.2, 0) is 9.53 Å². The third-order valence-corrected chi connectivity index (χ3v) is 3.44. The van der Waals surface area contributed by atoms with Crippen molar-refractivity contribution in [3.8, 4) is 0 Å². The second-order valence-electron chi connectivity index (χ2n) is 3.39. The summed E-state index contributed by atoms with van der Waals surface area (Å²) in [5.74, 6) is 6.23. The maximum Gasteiger partial charge on any atom is 0.247 e. The lowest BCUT2D eigenvalue weighted by Crippen LogP contribution is -2.40. The number of nitrogens with two attached hydrogens (primary N) is 1. The zero-order chi connectivity index (χ0) is 11.0. The summed E-state index contributed by atoms with van der Waals surface area (Å²) in [4.78, 5) is 11.3. The predicted octanol–water partition coefficient (Wildman–Crippen LogP) is 0.771. The number of methoxy groups -OCH3 is 1. The van der Waals surface area contributed by atoms with E-state index in [1.807, 2.05) is 13.8 Å². The van der Waals surface area contributed by atoms with E-state index in [2.05, 4.69) is 5.43 Å². The Morgan fingerprint density at radius 2 is 2.21 bits per heavy atom. The fraction of sp³-hybridized carbons (Fsp3) is 0.889. The van der Waals surface area contributed by atoms with Gasteiger partial charge in [-0.15, -0.1) is 11.8 Å². The molecule has 0 rings (SSSR count). The van der Waals surface area contributed by atoms with Crippen LogP contribution in [0.15, 0.2) is 0 Å². The van der Waals surface area contributed by atoms with Gasteiger partial charge in [0.05, 0.1) is 5.25 Å². The Kier molecular flexibility index (Phi) is 7.93. The van der Waals surface area contributed by atoms with Crippen molar-refractivity contribution in [2.45, 2.75) is 25.5 Å². The van der Waals surface area contributed by atoms with Crippen molar-refractivity contribution in [1.82, 2.24) is 5.43 Å². The summed E-state index contributed by atoms with van der Waals surface area (Å²) in [7, 11) is 1.68. The van der Waals surface area contributed by atoms with Gasteiger partial charge in [0, 0.05) is 13.7 Å². The van der Waals surface area contributed by atoms with Gasteiger partial charge in [0.25, 0.3) is 0 Å². The molecular weight excluding hydrogens is 200 g/mol. The predicted molar refractivity (Wildman–Crippen MR) is 59.9 cm³/mol. The zero-order valence-corrected chi connectivity index (χ0v) is 9.89. The topological polar surface area (TPSA) is 64.3 Å². The molecule has 0 aromatic carbocycles. The monoisotopic (exact) mass is 220 g/mol. The second kappa shape index (κ2) is 8.08. The van der Waals surface area contributed by atoms with Crippen molar-refractivity contribution >= 4 is 17.7 Å². The van der Waals surface area contributed by atoms with Gasteiger partial charge in [0.15, 0.2) is 0 Å². The highest BCUT2D eigenvalue weighted by atomic mass is 32.2. The Balaban J connectivity index is 3.80. The van der Waals surface area contributed by atoms with Gasteiger partial charge in [-0.05, 0) is 18.1 Å². The minimum absolute atomic E-state index is 0.0585. The second-order valence-corrected chi connectivity index (χ2v) is 4.64. The van der Waals surface area contributed by atoms with Crippen LogP contribution < -0.4 is 11.3 Å². The fourth-order valence-corrected chi connectivity index (χ4v) is 2.21. The van der Waals surface area contributed by atoms with E-state index in [0.29, 0.717) is 5.92 Å². The minimum atomic E-state index is -0.0950. The molecular formula is C9H20N2O2S.